The molecule has 0 fully saturated rings. The maximum absolute atomic E-state index is 10.4. The van der Waals surface area contributed by atoms with Gasteiger partial charge in [-0.2, -0.15) is 0 Å². The standard InChI is InChI=1S/C17H18BrClO2/c1-11(2)21-15-5-3-4-13(8-15)17(20)9-12-6-7-14(18)10-16(12)19/h3-8,10-11,17,20H,9H2,1-2H3. The van der Waals surface area contributed by atoms with Crippen molar-refractivity contribution in [3.05, 3.63) is 63.1 Å². The van der Waals surface area contributed by atoms with E-state index in [0.29, 0.717) is 11.4 Å². The first kappa shape index (κ1) is 16.3. The van der Waals surface area contributed by atoms with E-state index in [-0.39, 0.29) is 6.10 Å². The van der Waals surface area contributed by atoms with Crippen LogP contribution in [0.25, 0.3) is 0 Å². The fraction of sp³-hybridized carbons (Fsp3) is 0.294. The molecule has 1 N–H and O–H groups in total. The maximum Gasteiger partial charge on any atom is 0.120 e. The quantitative estimate of drug-likeness (QED) is 0.788. The number of aliphatic hydroxyl groups is 1. The molecule has 0 aliphatic heterocycles. The molecular weight excluding hydrogens is 352 g/mol. The zero-order chi connectivity index (χ0) is 15.4. The van der Waals surface area contributed by atoms with Crippen LogP contribution in [0.2, 0.25) is 5.02 Å². The van der Waals surface area contributed by atoms with Crippen molar-refractivity contribution in [2.24, 2.45) is 0 Å². The molecule has 4 heteroatoms. The van der Waals surface area contributed by atoms with E-state index in [2.05, 4.69) is 15.9 Å². The Balaban J connectivity index is 2.14. The molecule has 2 rings (SSSR count). The Bertz CT molecular complexity index is 613. The highest BCUT2D eigenvalue weighted by atomic mass is 79.9. The van der Waals surface area contributed by atoms with Crippen molar-refractivity contribution in [2.45, 2.75) is 32.5 Å². The van der Waals surface area contributed by atoms with E-state index >= 15 is 0 Å². The largest absolute Gasteiger partial charge is 0.491 e. The number of rotatable bonds is 5. The number of halogens is 2. The highest BCUT2D eigenvalue weighted by Gasteiger charge is 2.12. The van der Waals surface area contributed by atoms with Crippen molar-refractivity contribution >= 4 is 27.5 Å². The second kappa shape index (κ2) is 7.30. The predicted octanol–water partition coefficient (Wildman–Crippen LogP) is 5.17. The van der Waals surface area contributed by atoms with Crippen LogP contribution < -0.4 is 4.74 Å². The van der Waals surface area contributed by atoms with Crippen LogP contribution in [-0.2, 0) is 6.42 Å². The van der Waals surface area contributed by atoms with E-state index in [0.717, 1.165) is 21.3 Å². The molecule has 0 amide bonds. The zero-order valence-corrected chi connectivity index (χ0v) is 14.4. The number of ether oxygens (including phenoxy) is 1. The Morgan fingerprint density at radius 2 is 1.95 bits per heavy atom. The van der Waals surface area contributed by atoms with Gasteiger partial charge in [0.2, 0.25) is 0 Å². The molecule has 0 aliphatic rings. The normalized spacial score (nSPS) is 12.5. The third-order valence-corrected chi connectivity index (χ3v) is 3.89. The van der Waals surface area contributed by atoms with Gasteiger partial charge >= 0.3 is 0 Å². The van der Waals surface area contributed by atoms with Gasteiger partial charge in [0.25, 0.3) is 0 Å². The number of benzene rings is 2. The van der Waals surface area contributed by atoms with Gasteiger partial charge in [-0.3, -0.25) is 0 Å². The minimum atomic E-state index is -0.612. The lowest BCUT2D eigenvalue weighted by molar-refractivity contribution is 0.177. The molecule has 21 heavy (non-hydrogen) atoms. The SMILES string of the molecule is CC(C)Oc1cccc(C(O)Cc2ccc(Br)cc2Cl)c1. The predicted molar refractivity (Wildman–Crippen MR) is 90.0 cm³/mol. The zero-order valence-electron chi connectivity index (χ0n) is 12.0. The van der Waals surface area contributed by atoms with Crippen molar-refractivity contribution in [3.63, 3.8) is 0 Å². The summed E-state index contributed by atoms with van der Waals surface area (Å²) in [6, 6.07) is 13.2. The van der Waals surface area contributed by atoms with E-state index in [1.165, 1.54) is 0 Å². The Morgan fingerprint density at radius 3 is 2.62 bits per heavy atom. The van der Waals surface area contributed by atoms with Gasteiger partial charge in [0.1, 0.15) is 5.75 Å². The lowest BCUT2D eigenvalue weighted by Gasteiger charge is -2.15. The Kier molecular flexibility index (Phi) is 5.68. The van der Waals surface area contributed by atoms with E-state index in [1.807, 2.05) is 56.3 Å². The third-order valence-electron chi connectivity index (χ3n) is 3.04. The minimum Gasteiger partial charge on any atom is -0.491 e. The summed E-state index contributed by atoms with van der Waals surface area (Å²) >= 11 is 9.57. The average Bonchev–Trinajstić information content (AvgIpc) is 2.41. The van der Waals surface area contributed by atoms with Crippen molar-refractivity contribution in [2.75, 3.05) is 0 Å². The van der Waals surface area contributed by atoms with Crippen molar-refractivity contribution < 1.29 is 9.84 Å². The number of hydrogen-bond donors (Lipinski definition) is 1. The molecule has 112 valence electrons. The summed E-state index contributed by atoms with van der Waals surface area (Å²) in [5, 5.41) is 11.1. The highest BCUT2D eigenvalue weighted by molar-refractivity contribution is 9.10. The summed E-state index contributed by atoms with van der Waals surface area (Å²) in [5.74, 6) is 0.767. The van der Waals surface area contributed by atoms with E-state index in [1.54, 1.807) is 0 Å². The third kappa shape index (κ3) is 4.73. The summed E-state index contributed by atoms with van der Waals surface area (Å²) in [6.07, 6.45) is -0.0326. The number of hydrogen-bond acceptors (Lipinski definition) is 2. The molecule has 2 aromatic carbocycles. The minimum absolute atomic E-state index is 0.110. The summed E-state index contributed by atoms with van der Waals surface area (Å²) in [6.45, 7) is 3.95. The molecule has 0 spiro atoms. The Labute approximate surface area is 138 Å². The van der Waals surface area contributed by atoms with Crippen LogP contribution >= 0.6 is 27.5 Å². The van der Waals surface area contributed by atoms with Gasteiger partial charge in [-0.25, -0.2) is 0 Å². The van der Waals surface area contributed by atoms with E-state index < -0.39 is 6.10 Å². The van der Waals surface area contributed by atoms with Gasteiger partial charge in [-0.15, -0.1) is 0 Å². The molecule has 1 unspecified atom stereocenters. The summed E-state index contributed by atoms with van der Waals surface area (Å²) in [4.78, 5) is 0. The maximum atomic E-state index is 10.4. The molecule has 0 saturated heterocycles. The fourth-order valence-electron chi connectivity index (χ4n) is 2.08. The average molecular weight is 370 g/mol. The fourth-order valence-corrected chi connectivity index (χ4v) is 2.83. The second-order valence-electron chi connectivity index (χ2n) is 5.19. The van der Waals surface area contributed by atoms with Crippen LogP contribution in [0.3, 0.4) is 0 Å². The van der Waals surface area contributed by atoms with Gasteiger partial charge < -0.3 is 9.84 Å². The van der Waals surface area contributed by atoms with Crippen LogP contribution in [0.5, 0.6) is 5.75 Å². The second-order valence-corrected chi connectivity index (χ2v) is 6.52. The van der Waals surface area contributed by atoms with E-state index in [4.69, 9.17) is 16.3 Å². The lowest BCUT2D eigenvalue weighted by Crippen LogP contribution is -2.07. The molecule has 2 aromatic rings. The molecule has 0 aliphatic carbocycles. The number of aliphatic hydroxyl groups excluding tert-OH is 1. The summed E-state index contributed by atoms with van der Waals surface area (Å²) in [5.41, 5.74) is 1.75. The highest BCUT2D eigenvalue weighted by Crippen LogP contribution is 2.27. The summed E-state index contributed by atoms with van der Waals surface area (Å²) in [7, 11) is 0. The molecule has 0 radical (unpaired) electrons. The van der Waals surface area contributed by atoms with Gasteiger partial charge in [0, 0.05) is 15.9 Å². The van der Waals surface area contributed by atoms with Crippen LogP contribution in [-0.4, -0.2) is 11.2 Å². The van der Waals surface area contributed by atoms with Crippen LogP contribution in [0, 0.1) is 0 Å². The smallest absolute Gasteiger partial charge is 0.120 e. The Hall–Kier alpha value is -1.03. The van der Waals surface area contributed by atoms with Crippen molar-refractivity contribution in [1.82, 2.24) is 0 Å². The van der Waals surface area contributed by atoms with Gasteiger partial charge in [0.05, 0.1) is 12.2 Å². The molecule has 0 saturated carbocycles. The van der Waals surface area contributed by atoms with Crippen LogP contribution in [0.4, 0.5) is 0 Å². The topological polar surface area (TPSA) is 29.5 Å². The van der Waals surface area contributed by atoms with Crippen molar-refractivity contribution in [3.8, 4) is 5.75 Å². The molecule has 2 nitrogen and oxygen atoms in total. The molecule has 0 heterocycles. The van der Waals surface area contributed by atoms with Gasteiger partial charge in [0.15, 0.2) is 0 Å². The first-order valence-corrected chi connectivity index (χ1v) is 8.01. The van der Waals surface area contributed by atoms with Crippen molar-refractivity contribution in [1.29, 1.82) is 0 Å². The van der Waals surface area contributed by atoms with Gasteiger partial charge in [-0.05, 0) is 49.2 Å². The Morgan fingerprint density at radius 1 is 1.19 bits per heavy atom. The first-order chi connectivity index (χ1) is 9.95. The monoisotopic (exact) mass is 368 g/mol. The van der Waals surface area contributed by atoms with Crippen LogP contribution in [0.15, 0.2) is 46.9 Å². The van der Waals surface area contributed by atoms with E-state index in [9.17, 15) is 5.11 Å². The first-order valence-electron chi connectivity index (χ1n) is 6.84. The lowest BCUT2D eigenvalue weighted by atomic mass is 10.0. The van der Waals surface area contributed by atoms with Crippen LogP contribution in [0.1, 0.15) is 31.1 Å². The molecule has 0 bridgehead atoms. The molecule has 0 aromatic heterocycles. The molecule has 1 atom stereocenters. The van der Waals surface area contributed by atoms with Gasteiger partial charge in [-0.1, -0.05) is 45.7 Å². The molecular formula is C17H18BrClO2. The summed E-state index contributed by atoms with van der Waals surface area (Å²) < 4.78 is 6.58.